The largest absolute Gasteiger partial charge is 0.0848 e. The van der Waals surface area contributed by atoms with Crippen LogP contribution >= 0.6 is 0 Å². The van der Waals surface area contributed by atoms with Crippen molar-refractivity contribution in [2.45, 2.75) is 58.8 Å². The van der Waals surface area contributed by atoms with Gasteiger partial charge in [-0.1, -0.05) is 63.8 Å². The summed E-state index contributed by atoms with van der Waals surface area (Å²) >= 11 is 0. The molecule has 0 nitrogen and oxygen atoms in total. The molecule has 0 aromatic carbocycles. The average molecular weight is 180 g/mol. The normalized spacial score (nSPS) is 11.8. The summed E-state index contributed by atoms with van der Waals surface area (Å²) in [6, 6.07) is 0. The Morgan fingerprint density at radius 2 is 1.46 bits per heavy atom. The van der Waals surface area contributed by atoms with E-state index in [4.69, 9.17) is 0 Å². The van der Waals surface area contributed by atoms with E-state index >= 15 is 0 Å². The summed E-state index contributed by atoms with van der Waals surface area (Å²) in [5.41, 5.74) is 0. The molecule has 0 aromatic rings. The molecular formula is C13H24. The minimum Gasteiger partial charge on any atom is -0.0848 e. The fourth-order valence-corrected chi connectivity index (χ4v) is 1.26. The Balaban J connectivity index is 3.06. The highest BCUT2D eigenvalue weighted by atomic mass is 13.9. The fourth-order valence-electron chi connectivity index (χ4n) is 1.26. The van der Waals surface area contributed by atoms with Gasteiger partial charge in [0, 0.05) is 0 Å². The maximum Gasteiger partial charge on any atom is -0.0348 e. The van der Waals surface area contributed by atoms with Crippen molar-refractivity contribution in [3.63, 3.8) is 0 Å². The van der Waals surface area contributed by atoms with Crippen molar-refractivity contribution in [2.24, 2.45) is 0 Å². The second-order valence-electron chi connectivity index (χ2n) is 3.47. The number of hydrogen-bond donors (Lipinski definition) is 0. The quantitative estimate of drug-likeness (QED) is 0.369. The van der Waals surface area contributed by atoms with Crippen LogP contribution < -0.4 is 0 Å². The minimum atomic E-state index is 1.14. The van der Waals surface area contributed by atoms with Crippen molar-refractivity contribution in [3.05, 3.63) is 24.3 Å². The zero-order chi connectivity index (χ0) is 9.78. The van der Waals surface area contributed by atoms with Gasteiger partial charge in [-0.25, -0.2) is 0 Å². The Labute approximate surface area is 83.7 Å². The molecule has 0 fully saturated rings. The molecule has 0 saturated heterocycles. The second kappa shape index (κ2) is 11.5. The van der Waals surface area contributed by atoms with Gasteiger partial charge < -0.3 is 0 Å². The van der Waals surface area contributed by atoms with E-state index in [2.05, 4.69) is 38.2 Å². The van der Waals surface area contributed by atoms with Crippen LogP contribution in [0.15, 0.2) is 24.3 Å². The predicted octanol–water partition coefficient (Wildman–Crippen LogP) is 4.87. The first-order valence-corrected chi connectivity index (χ1v) is 5.73. The summed E-state index contributed by atoms with van der Waals surface area (Å²) in [7, 11) is 0. The lowest BCUT2D eigenvalue weighted by Crippen LogP contribution is -1.75. The predicted molar refractivity (Wildman–Crippen MR) is 61.9 cm³/mol. The number of rotatable bonds is 8. The van der Waals surface area contributed by atoms with E-state index in [1.54, 1.807) is 0 Å². The summed E-state index contributed by atoms with van der Waals surface area (Å²) in [4.78, 5) is 0. The van der Waals surface area contributed by atoms with Gasteiger partial charge in [-0.3, -0.25) is 0 Å². The lowest BCUT2D eigenvalue weighted by atomic mass is 10.1. The molecule has 0 saturated carbocycles. The zero-order valence-electron chi connectivity index (χ0n) is 9.26. The molecule has 76 valence electrons. The highest BCUT2D eigenvalue weighted by Gasteiger charge is 1.85. The summed E-state index contributed by atoms with van der Waals surface area (Å²) < 4.78 is 0. The molecule has 0 unspecified atom stereocenters. The fraction of sp³-hybridized carbons (Fsp3) is 0.692. The van der Waals surface area contributed by atoms with Crippen LogP contribution in [-0.2, 0) is 0 Å². The molecule has 0 aliphatic heterocycles. The van der Waals surface area contributed by atoms with E-state index in [0.717, 1.165) is 6.42 Å². The van der Waals surface area contributed by atoms with Gasteiger partial charge in [0.25, 0.3) is 0 Å². The molecule has 0 bridgehead atoms. The van der Waals surface area contributed by atoms with Gasteiger partial charge in [0.2, 0.25) is 0 Å². The van der Waals surface area contributed by atoms with Crippen LogP contribution in [0.3, 0.4) is 0 Å². The van der Waals surface area contributed by atoms with Crippen LogP contribution in [0.4, 0.5) is 0 Å². The summed E-state index contributed by atoms with van der Waals surface area (Å²) in [5, 5.41) is 0. The Bertz CT molecular complexity index is 131. The summed E-state index contributed by atoms with van der Waals surface area (Å²) in [6.07, 6.45) is 18.1. The van der Waals surface area contributed by atoms with E-state index < -0.39 is 0 Å². The van der Waals surface area contributed by atoms with Crippen LogP contribution in [-0.4, -0.2) is 0 Å². The first kappa shape index (κ1) is 12.5. The van der Waals surface area contributed by atoms with Crippen molar-refractivity contribution in [2.75, 3.05) is 0 Å². The first-order chi connectivity index (χ1) is 6.41. The van der Waals surface area contributed by atoms with Crippen molar-refractivity contribution in [1.29, 1.82) is 0 Å². The van der Waals surface area contributed by atoms with Gasteiger partial charge >= 0.3 is 0 Å². The zero-order valence-corrected chi connectivity index (χ0v) is 9.26. The molecule has 0 aliphatic rings. The Hall–Kier alpha value is -0.520. The summed E-state index contributed by atoms with van der Waals surface area (Å²) in [6.45, 7) is 4.42. The van der Waals surface area contributed by atoms with Gasteiger partial charge in [-0.15, -0.1) is 0 Å². The molecule has 0 spiro atoms. The van der Waals surface area contributed by atoms with E-state index in [-0.39, 0.29) is 0 Å². The van der Waals surface area contributed by atoms with Crippen LogP contribution in [0.5, 0.6) is 0 Å². The maximum atomic E-state index is 2.28. The first-order valence-electron chi connectivity index (χ1n) is 5.73. The third-order valence-electron chi connectivity index (χ3n) is 2.09. The van der Waals surface area contributed by atoms with Gasteiger partial charge in [-0.05, 0) is 19.3 Å². The second-order valence-corrected chi connectivity index (χ2v) is 3.47. The third kappa shape index (κ3) is 11.5. The highest BCUT2D eigenvalue weighted by Crippen LogP contribution is 2.05. The van der Waals surface area contributed by atoms with E-state index in [9.17, 15) is 0 Å². The van der Waals surface area contributed by atoms with Crippen LogP contribution in [0.1, 0.15) is 58.8 Å². The van der Waals surface area contributed by atoms with Crippen LogP contribution in [0, 0.1) is 0 Å². The number of hydrogen-bond acceptors (Lipinski definition) is 0. The average Bonchev–Trinajstić information content (AvgIpc) is 2.16. The van der Waals surface area contributed by atoms with Crippen molar-refractivity contribution < 1.29 is 0 Å². The lowest BCUT2D eigenvalue weighted by molar-refractivity contribution is 0.637. The molecule has 0 heterocycles. The Morgan fingerprint density at radius 1 is 0.769 bits per heavy atom. The van der Waals surface area contributed by atoms with Gasteiger partial charge in [0.15, 0.2) is 0 Å². The van der Waals surface area contributed by atoms with Gasteiger partial charge in [-0.2, -0.15) is 0 Å². The molecule has 0 amide bonds. The highest BCUT2D eigenvalue weighted by molar-refractivity contribution is 5.01. The molecule has 0 aromatic heterocycles. The number of allylic oxidation sites excluding steroid dienone is 4. The summed E-state index contributed by atoms with van der Waals surface area (Å²) in [5.74, 6) is 0. The molecule has 0 heteroatoms. The van der Waals surface area contributed by atoms with E-state index in [1.807, 2.05) is 0 Å². The third-order valence-corrected chi connectivity index (χ3v) is 2.09. The lowest BCUT2D eigenvalue weighted by Gasteiger charge is -1.95. The molecular weight excluding hydrogens is 156 g/mol. The monoisotopic (exact) mass is 180 g/mol. The Kier molecular flexibility index (Phi) is 11.0. The smallest absolute Gasteiger partial charge is 0.0348 e. The topological polar surface area (TPSA) is 0 Å². The molecule has 13 heavy (non-hydrogen) atoms. The SMILES string of the molecule is CCC=CC=CCCCCCCC. The van der Waals surface area contributed by atoms with E-state index in [1.165, 1.54) is 38.5 Å². The van der Waals surface area contributed by atoms with E-state index in [0.29, 0.717) is 0 Å². The van der Waals surface area contributed by atoms with Crippen molar-refractivity contribution in [3.8, 4) is 0 Å². The molecule has 0 aliphatic carbocycles. The van der Waals surface area contributed by atoms with Gasteiger partial charge in [0.1, 0.15) is 0 Å². The maximum absolute atomic E-state index is 2.28. The molecule has 0 N–H and O–H groups in total. The van der Waals surface area contributed by atoms with Crippen molar-refractivity contribution in [1.82, 2.24) is 0 Å². The number of unbranched alkanes of at least 4 members (excludes halogenated alkanes) is 5. The van der Waals surface area contributed by atoms with Crippen LogP contribution in [0.2, 0.25) is 0 Å². The molecule has 0 atom stereocenters. The molecule has 0 radical (unpaired) electrons. The van der Waals surface area contributed by atoms with Crippen molar-refractivity contribution >= 4 is 0 Å². The standard InChI is InChI=1S/C13H24/c1-3-5-7-9-11-13-12-10-8-6-4-2/h5,7,9,11H,3-4,6,8,10,12-13H2,1-2H3. The van der Waals surface area contributed by atoms with Gasteiger partial charge in [0.05, 0.1) is 0 Å². The van der Waals surface area contributed by atoms with Crippen LogP contribution in [0.25, 0.3) is 0 Å². The minimum absolute atomic E-state index is 1.14. The Morgan fingerprint density at radius 3 is 2.15 bits per heavy atom. The molecule has 0 rings (SSSR count).